The molecule has 2 nitrogen and oxygen atoms in total. The van der Waals surface area contributed by atoms with Crippen molar-refractivity contribution in [1.82, 2.24) is 0 Å². The van der Waals surface area contributed by atoms with Gasteiger partial charge in [-0.05, 0) is 60.1 Å². The first-order valence-electron chi connectivity index (χ1n) is 11.8. The summed E-state index contributed by atoms with van der Waals surface area (Å²) in [7, 11) is 0. The van der Waals surface area contributed by atoms with Gasteiger partial charge in [0.25, 0.3) is 0 Å². The number of fused-ring (bicyclic) bond motifs is 6. The third kappa shape index (κ3) is 3.39. The van der Waals surface area contributed by atoms with Crippen molar-refractivity contribution in [2.45, 2.75) is 39.9 Å². The Morgan fingerprint density at radius 2 is 0.917 bits per heavy atom. The Hall–Kier alpha value is -3.80. The molecule has 6 rings (SSSR count). The van der Waals surface area contributed by atoms with E-state index in [9.17, 15) is 8.78 Å². The van der Waals surface area contributed by atoms with Crippen LogP contribution in [0.2, 0.25) is 0 Å². The standard InChI is InChI=1S/C30H22F4O2/c1-15-3-9-21-19-11-7-17(27(33)23(19)13-35-29(21)25(15)31)5-6-18-8-12-20-22-10-4-16(2)26(32)30(22)36-14-24(20)28(18)34/h3-4,7-12H,5-6,13-14H2,1-2H3. The molecular formula is C30H22F4O2. The van der Waals surface area contributed by atoms with Gasteiger partial charge < -0.3 is 9.47 Å². The van der Waals surface area contributed by atoms with Gasteiger partial charge in [-0.3, -0.25) is 0 Å². The molecule has 0 aromatic heterocycles. The quantitative estimate of drug-likeness (QED) is 0.273. The number of rotatable bonds is 3. The van der Waals surface area contributed by atoms with Crippen LogP contribution in [0.5, 0.6) is 11.5 Å². The largest absolute Gasteiger partial charge is 0.485 e. The first-order valence-corrected chi connectivity index (χ1v) is 11.8. The highest BCUT2D eigenvalue weighted by atomic mass is 19.1. The van der Waals surface area contributed by atoms with E-state index >= 15 is 8.78 Å². The third-order valence-electron chi connectivity index (χ3n) is 7.19. The van der Waals surface area contributed by atoms with Crippen LogP contribution in [-0.2, 0) is 26.1 Å². The van der Waals surface area contributed by atoms with Crippen LogP contribution in [0.15, 0.2) is 48.5 Å². The summed E-state index contributed by atoms with van der Waals surface area (Å²) < 4.78 is 70.9. The highest BCUT2D eigenvalue weighted by Crippen LogP contribution is 2.43. The molecule has 0 saturated heterocycles. The molecule has 2 aliphatic rings. The molecule has 0 unspecified atom stereocenters. The van der Waals surface area contributed by atoms with Crippen LogP contribution < -0.4 is 9.47 Å². The van der Waals surface area contributed by atoms with Crippen LogP contribution >= 0.6 is 0 Å². The second-order valence-corrected chi connectivity index (χ2v) is 9.35. The highest BCUT2D eigenvalue weighted by molar-refractivity contribution is 5.77. The highest BCUT2D eigenvalue weighted by Gasteiger charge is 2.27. The van der Waals surface area contributed by atoms with Gasteiger partial charge in [0.05, 0.1) is 0 Å². The summed E-state index contributed by atoms with van der Waals surface area (Å²) in [6.07, 6.45) is 0.546. The first-order chi connectivity index (χ1) is 17.3. The fraction of sp³-hybridized carbons (Fsp3) is 0.200. The number of hydrogen-bond acceptors (Lipinski definition) is 2. The van der Waals surface area contributed by atoms with Crippen molar-refractivity contribution in [3.8, 4) is 33.8 Å². The van der Waals surface area contributed by atoms with E-state index in [1.165, 1.54) is 0 Å². The molecule has 0 amide bonds. The van der Waals surface area contributed by atoms with Crippen molar-refractivity contribution >= 4 is 0 Å². The van der Waals surface area contributed by atoms with E-state index in [0.717, 1.165) is 0 Å². The molecule has 0 radical (unpaired) electrons. The molecular weight excluding hydrogens is 468 g/mol. The zero-order chi connectivity index (χ0) is 25.1. The van der Waals surface area contributed by atoms with Gasteiger partial charge in [0.2, 0.25) is 0 Å². The lowest BCUT2D eigenvalue weighted by molar-refractivity contribution is 0.279. The minimum Gasteiger partial charge on any atom is -0.485 e. The van der Waals surface area contributed by atoms with Crippen molar-refractivity contribution in [3.05, 3.63) is 105 Å². The Balaban J connectivity index is 1.29. The Morgan fingerprint density at radius 3 is 1.33 bits per heavy atom. The fourth-order valence-corrected chi connectivity index (χ4v) is 5.09. The molecule has 0 bridgehead atoms. The van der Waals surface area contributed by atoms with Crippen molar-refractivity contribution in [1.29, 1.82) is 0 Å². The Bertz CT molecular complexity index is 1440. The van der Waals surface area contributed by atoms with Gasteiger partial charge in [-0.15, -0.1) is 0 Å². The average molecular weight is 490 g/mol. The lowest BCUT2D eigenvalue weighted by Gasteiger charge is -2.24. The summed E-state index contributed by atoms with van der Waals surface area (Å²) in [6.45, 7) is 3.18. The van der Waals surface area contributed by atoms with Crippen LogP contribution in [0.25, 0.3) is 22.3 Å². The molecule has 0 N–H and O–H groups in total. The normalized spacial score (nSPS) is 13.2. The van der Waals surface area contributed by atoms with E-state index in [2.05, 4.69) is 0 Å². The SMILES string of the molecule is Cc1ccc2c(c1F)OCc1c-2ccc(CCc2ccc3c(c2F)COc2c-3ccc(C)c2F)c1F. The predicted octanol–water partition coefficient (Wildman–Crippen LogP) is 7.76. The first kappa shape index (κ1) is 22.7. The van der Waals surface area contributed by atoms with Gasteiger partial charge in [0, 0.05) is 22.3 Å². The van der Waals surface area contributed by atoms with Gasteiger partial charge in [0.1, 0.15) is 24.8 Å². The average Bonchev–Trinajstić information content (AvgIpc) is 2.88. The smallest absolute Gasteiger partial charge is 0.168 e. The molecule has 0 spiro atoms. The molecule has 2 heterocycles. The molecule has 2 aliphatic heterocycles. The Morgan fingerprint density at radius 1 is 0.528 bits per heavy atom. The summed E-state index contributed by atoms with van der Waals surface area (Å²) in [5, 5.41) is 0. The number of benzene rings is 4. The maximum atomic E-state index is 15.4. The Labute approximate surface area is 206 Å². The fourth-order valence-electron chi connectivity index (χ4n) is 5.09. The summed E-state index contributed by atoms with van der Waals surface area (Å²) in [5.74, 6) is -1.42. The molecule has 6 heteroatoms. The summed E-state index contributed by atoms with van der Waals surface area (Å²) in [5.41, 5.74) is 4.81. The minimum atomic E-state index is -0.435. The van der Waals surface area contributed by atoms with Crippen LogP contribution in [0.3, 0.4) is 0 Å². The minimum absolute atomic E-state index is 0.0671. The third-order valence-corrected chi connectivity index (χ3v) is 7.19. The van der Waals surface area contributed by atoms with Gasteiger partial charge in [-0.25, -0.2) is 17.6 Å². The second-order valence-electron chi connectivity index (χ2n) is 9.35. The van der Waals surface area contributed by atoms with Gasteiger partial charge >= 0.3 is 0 Å². The van der Waals surface area contributed by atoms with E-state index < -0.39 is 23.3 Å². The number of hydrogen-bond donors (Lipinski definition) is 0. The van der Waals surface area contributed by atoms with Crippen molar-refractivity contribution in [2.75, 3.05) is 0 Å². The van der Waals surface area contributed by atoms with E-state index in [1.807, 2.05) is 0 Å². The van der Waals surface area contributed by atoms with E-state index in [1.54, 1.807) is 62.4 Å². The van der Waals surface area contributed by atoms with Gasteiger partial charge in [-0.2, -0.15) is 0 Å². The molecule has 0 fully saturated rings. The van der Waals surface area contributed by atoms with Crippen LogP contribution in [0.4, 0.5) is 17.6 Å². The zero-order valence-electron chi connectivity index (χ0n) is 19.8. The monoisotopic (exact) mass is 490 g/mol. The van der Waals surface area contributed by atoms with Gasteiger partial charge in [0.15, 0.2) is 23.1 Å². The molecule has 0 saturated carbocycles. The van der Waals surface area contributed by atoms with Crippen LogP contribution in [0.1, 0.15) is 33.4 Å². The van der Waals surface area contributed by atoms with Crippen molar-refractivity contribution in [2.24, 2.45) is 0 Å². The van der Waals surface area contributed by atoms with E-state index in [0.29, 0.717) is 55.6 Å². The van der Waals surface area contributed by atoms with Crippen molar-refractivity contribution < 1.29 is 27.0 Å². The zero-order valence-corrected chi connectivity index (χ0v) is 19.8. The molecule has 4 aromatic carbocycles. The summed E-state index contributed by atoms with van der Waals surface area (Å²) in [4.78, 5) is 0. The topological polar surface area (TPSA) is 18.5 Å². The lowest BCUT2D eigenvalue weighted by atomic mass is 9.90. The molecule has 182 valence electrons. The summed E-state index contributed by atoms with van der Waals surface area (Å²) in [6, 6.07) is 13.7. The van der Waals surface area contributed by atoms with Crippen LogP contribution in [0, 0.1) is 37.1 Å². The lowest BCUT2D eigenvalue weighted by Crippen LogP contribution is -2.13. The Kier molecular flexibility index (Phi) is 5.29. The molecule has 4 aromatic rings. The van der Waals surface area contributed by atoms with E-state index in [-0.39, 0.29) is 37.6 Å². The maximum Gasteiger partial charge on any atom is 0.168 e. The number of aryl methyl sites for hydroxylation is 4. The number of halogens is 4. The van der Waals surface area contributed by atoms with E-state index in [4.69, 9.17) is 9.47 Å². The molecule has 36 heavy (non-hydrogen) atoms. The maximum absolute atomic E-state index is 15.4. The van der Waals surface area contributed by atoms with Crippen LogP contribution in [-0.4, -0.2) is 0 Å². The second kappa shape index (κ2) is 8.40. The van der Waals surface area contributed by atoms with Gasteiger partial charge in [-0.1, -0.05) is 48.5 Å². The number of ether oxygens (including phenoxy) is 2. The predicted molar refractivity (Wildman–Crippen MR) is 129 cm³/mol. The summed E-state index contributed by atoms with van der Waals surface area (Å²) >= 11 is 0. The van der Waals surface area contributed by atoms with Crippen molar-refractivity contribution in [3.63, 3.8) is 0 Å². The molecule has 0 aliphatic carbocycles. The molecule has 0 atom stereocenters.